The largest absolute Gasteiger partial charge is 0.366 e. The van der Waals surface area contributed by atoms with E-state index in [1.165, 1.54) is 6.26 Å². The highest BCUT2D eigenvalue weighted by Crippen LogP contribution is 2.21. The van der Waals surface area contributed by atoms with Gasteiger partial charge in [0.1, 0.15) is 12.0 Å². The average Bonchev–Trinajstić information content (AvgIpc) is 2.94. The van der Waals surface area contributed by atoms with Crippen LogP contribution in [-0.4, -0.2) is 28.4 Å². The molecule has 2 N–H and O–H groups in total. The van der Waals surface area contributed by atoms with Crippen molar-refractivity contribution in [3.63, 3.8) is 0 Å². The number of hydrogen-bond donors (Lipinski definition) is 1. The fourth-order valence-corrected chi connectivity index (χ4v) is 2.36. The Kier molecular flexibility index (Phi) is 2.98. The van der Waals surface area contributed by atoms with E-state index in [9.17, 15) is 9.59 Å². The molecule has 102 valence electrons. The molecule has 1 aliphatic rings. The molecule has 0 unspecified atom stereocenters. The van der Waals surface area contributed by atoms with Crippen molar-refractivity contribution in [2.75, 3.05) is 6.54 Å². The van der Waals surface area contributed by atoms with E-state index in [4.69, 9.17) is 10.3 Å². The van der Waals surface area contributed by atoms with E-state index in [2.05, 4.69) is 5.16 Å². The van der Waals surface area contributed by atoms with Gasteiger partial charge < -0.3 is 15.2 Å². The van der Waals surface area contributed by atoms with Crippen LogP contribution in [0.25, 0.3) is 0 Å². The fraction of sp³-hybridized carbons (Fsp3) is 0.214. The normalized spacial score (nSPS) is 14.2. The summed E-state index contributed by atoms with van der Waals surface area (Å²) in [5.41, 5.74) is 7.88. The number of rotatable bonds is 3. The summed E-state index contributed by atoms with van der Waals surface area (Å²) in [5, 5.41) is 3.81. The van der Waals surface area contributed by atoms with Crippen molar-refractivity contribution in [1.29, 1.82) is 0 Å². The zero-order valence-electron chi connectivity index (χ0n) is 10.7. The molecule has 0 bridgehead atoms. The van der Waals surface area contributed by atoms with Crippen LogP contribution >= 0.6 is 0 Å². The first-order chi connectivity index (χ1) is 9.65. The van der Waals surface area contributed by atoms with Gasteiger partial charge in [-0.25, -0.2) is 0 Å². The molecular formula is C14H13N3O3. The smallest absolute Gasteiger partial charge is 0.254 e. The number of primary amides is 1. The van der Waals surface area contributed by atoms with Crippen molar-refractivity contribution < 1.29 is 14.1 Å². The Labute approximate surface area is 115 Å². The zero-order valence-corrected chi connectivity index (χ0v) is 10.7. The third-order valence-corrected chi connectivity index (χ3v) is 3.40. The first-order valence-electron chi connectivity index (χ1n) is 6.26. The molecule has 2 heterocycles. The molecule has 0 saturated heterocycles. The maximum absolute atomic E-state index is 12.4. The Balaban J connectivity index is 1.85. The molecule has 2 aromatic rings. The average molecular weight is 271 g/mol. The number of nitrogens with zero attached hydrogens (tertiary/aromatic N) is 2. The van der Waals surface area contributed by atoms with Gasteiger partial charge in [-0.1, -0.05) is 5.16 Å². The summed E-state index contributed by atoms with van der Waals surface area (Å²) in [6.45, 7) is 1.01. The fourth-order valence-electron chi connectivity index (χ4n) is 2.36. The van der Waals surface area contributed by atoms with Crippen LogP contribution in [0.5, 0.6) is 0 Å². The molecule has 1 aliphatic heterocycles. The van der Waals surface area contributed by atoms with Crippen molar-refractivity contribution in [3.05, 3.63) is 52.9 Å². The van der Waals surface area contributed by atoms with E-state index >= 15 is 0 Å². The summed E-state index contributed by atoms with van der Waals surface area (Å²) in [7, 11) is 0. The second-order valence-electron chi connectivity index (χ2n) is 4.70. The minimum Gasteiger partial charge on any atom is -0.366 e. The number of nitrogens with two attached hydrogens (primary N) is 1. The van der Waals surface area contributed by atoms with Crippen molar-refractivity contribution in [2.24, 2.45) is 5.73 Å². The van der Waals surface area contributed by atoms with Gasteiger partial charge in [0.15, 0.2) is 0 Å². The van der Waals surface area contributed by atoms with Crippen LogP contribution in [0.1, 0.15) is 32.0 Å². The van der Waals surface area contributed by atoms with Crippen molar-refractivity contribution >= 4 is 11.8 Å². The Morgan fingerprint density at radius 2 is 2.25 bits per heavy atom. The number of hydrogen-bond acceptors (Lipinski definition) is 4. The SMILES string of the molecule is NC(=O)c1ccc2c(c1)CCN(Cc1ccon1)C2=O. The summed E-state index contributed by atoms with van der Waals surface area (Å²) < 4.78 is 4.76. The number of benzene rings is 1. The lowest BCUT2D eigenvalue weighted by molar-refractivity contribution is 0.0722. The summed E-state index contributed by atoms with van der Waals surface area (Å²) in [6, 6.07) is 6.67. The van der Waals surface area contributed by atoms with Crippen LogP contribution in [0, 0.1) is 0 Å². The summed E-state index contributed by atoms with van der Waals surface area (Å²) in [6.07, 6.45) is 2.18. The molecule has 6 nitrogen and oxygen atoms in total. The van der Waals surface area contributed by atoms with Gasteiger partial charge in [-0.15, -0.1) is 0 Å². The lowest BCUT2D eigenvalue weighted by atomic mass is 9.96. The molecule has 2 amide bonds. The van der Waals surface area contributed by atoms with Crippen LogP contribution in [0.3, 0.4) is 0 Å². The minimum absolute atomic E-state index is 0.0646. The van der Waals surface area contributed by atoms with Gasteiger partial charge in [0.2, 0.25) is 5.91 Å². The van der Waals surface area contributed by atoms with Gasteiger partial charge in [-0.05, 0) is 30.2 Å². The first kappa shape index (κ1) is 12.4. The van der Waals surface area contributed by atoms with Gasteiger partial charge in [-0.3, -0.25) is 9.59 Å². The molecule has 0 saturated carbocycles. The number of amides is 2. The Morgan fingerprint density at radius 3 is 2.95 bits per heavy atom. The second kappa shape index (κ2) is 4.80. The molecule has 0 aliphatic carbocycles. The third-order valence-electron chi connectivity index (χ3n) is 3.40. The van der Waals surface area contributed by atoms with E-state index in [1.54, 1.807) is 29.2 Å². The van der Waals surface area contributed by atoms with Crippen LogP contribution in [0.2, 0.25) is 0 Å². The summed E-state index contributed by atoms with van der Waals surface area (Å²) in [4.78, 5) is 25.2. The Bertz CT molecular complexity index is 664. The minimum atomic E-state index is -0.481. The van der Waals surface area contributed by atoms with E-state index in [0.717, 1.165) is 11.3 Å². The first-order valence-corrected chi connectivity index (χ1v) is 6.26. The quantitative estimate of drug-likeness (QED) is 0.900. The lowest BCUT2D eigenvalue weighted by Gasteiger charge is -2.28. The highest BCUT2D eigenvalue weighted by molar-refractivity contribution is 5.99. The molecular weight excluding hydrogens is 258 g/mol. The van der Waals surface area contributed by atoms with E-state index in [-0.39, 0.29) is 5.91 Å². The topological polar surface area (TPSA) is 89.4 Å². The van der Waals surface area contributed by atoms with Crippen molar-refractivity contribution in [3.8, 4) is 0 Å². The molecule has 1 aromatic carbocycles. The predicted molar refractivity (Wildman–Crippen MR) is 69.9 cm³/mol. The Hall–Kier alpha value is -2.63. The highest BCUT2D eigenvalue weighted by atomic mass is 16.5. The zero-order chi connectivity index (χ0) is 14.1. The van der Waals surface area contributed by atoms with Gasteiger partial charge in [-0.2, -0.15) is 0 Å². The van der Waals surface area contributed by atoms with Crippen molar-refractivity contribution in [1.82, 2.24) is 10.1 Å². The summed E-state index contributed by atoms with van der Waals surface area (Å²) in [5.74, 6) is -0.546. The van der Waals surface area contributed by atoms with Crippen LogP contribution in [0.15, 0.2) is 35.1 Å². The van der Waals surface area contributed by atoms with Gasteiger partial charge in [0.25, 0.3) is 5.91 Å². The number of aromatic nitrogens is 1. The molecule has 0 fully saturated rings. The second-order valence-corrected chi connectivity index (χ2v) is 4.70. The molecule has 0 spiro atoms. The maximum atomic E-state index is 12.4. The van der Waals surface area contributed by atoms with Crippen LogP contribution < -0.4 is 5.73 Å². The van der Waals surface area contributed by atoms with Gasteiger partial charge >= 0.3 is 0 Å². The molecule has 0 atom stereocenters. The predicted octanol–water partition coefficient (Wildman–Crippen LogP) is 0.972. The molecule has 1 aromatic heterocycles. The van der Waals surface area contributed by atoms with E-state index < -0.39 is 5.91 Å². The Morgan fingerprint density at radius 1 is 1.40 bits per heavy atom. The monoisotopic (exact) mass is 271 g/mol. The number of fused-ring (bicyclic) bond motifs is 1. The lowest BCUT2D eigenvalue weighted by Crippen LogP contribution is -2.37. The standard InChI is InChI=1S/C14H13N3O3/c15-13(18)10-1-2-12-9(7-10)3-5-17(14(12)19)8-11-4-6-20-16-11/h1-2,4,6-7H,3,5,8H2,(H2,15,18). The maximum Gasteiger partial charge on any atom is 0.254 e. The molecule has 0 radical (unpaired) electrons. The molecule has 6 heteroatoms. The van der Waals surface area contributed by atoms with Crippen molar-refractivity contribution in [2.45, 2.75) is 13.0 Å². The van der Waals surface area contributed by atoms with E-state index in [1.807, 2.05) is 0 Å². The van der Waals surface area contributed by atoms with Crippen LogP contribution in [0.4, 0.5) is 0 Å². The highest BCUT2D eigenvalue weighted by Gasteiger charge is 2.25. The molecule has 20 heavy (non-hydrogen) atoms. The van der Waals surface area contributed by atoms with Gasteiger partial charge in [0, 0.05) is 23.7 Å². The number of carbonyl (C=O) groups excluding carboxylic acids is 2. The summed E-state index contributed by atoms with van der Waals surface area (Å²) >= 11 is 0. The molecule has 3 rings (SSSR count). The van der Waals surface area contributed by atoms with Gasteiger partial charge in [0.05, 0.1) is 6.54 Å². The van der Waals surface area contributed by atoms with Crippen LogP contribution in [-0.2, 0) is 13.0 Å². The van der Waals surface area contributed by atoms with E-state index in [0.29, 0.717) is 30.6 Å². The number of carbonyl (C=O) groups is 2. The third kappa shape index (κ3) is 2.16.